The van der Waals surface area contributed by atoms with Crippen LogP contribution in [-0.4, -0.2) is 19.2 Å². The van der Waals surface area contributed by atoms with Gasteiger partial charge in [-0.3, -0.25) is 4.79 Å². The largest absolute Gasteiger partial charge is 0.493 e. The molecule has 2 aromatic rings. The van der Waals surface area contributed by atoms with Gasteiger partial charge < -0.3 is 15.2 Å². The first-order chi connectivity index (χ1) is 13.4. The summed E-state index contributed by atoms with van der Waals surface area (Å²) in [6.45, 7) is 9.87. The highest BCUT2D eigenvalue weighted by molar-refractivity contribution is 5.85. The summed E-state index contributed by atoms with van der Waals surface area (Å²) >= 11 is 0. The Morgan fingerprint density at radius 3 is 2.66 bits per heavy atom. The molecular weight excluding hydrogens is 393 g/mol. The zero-order valence-electron chi connectivity index (χ0n) is 17.2. The minimum absolute atomic E-state index is 0. The van der Waals surface area contributed by atoms with E-state index in [0.717, 1.165) is 28.9 Å². The first-order valence-electron chi connectivity index (χ1n) is 9.43. The summed E-state index contributed by atoms with van der Waals surface area (Å²) in [5.74, 6) is -0.122. The van der Waals surface area contributed by atoms with E-state index in [-0.39, 0.29) is 25.4 Å². The van der Waals surface area contributed by atoms with Crippen molar-refractivity contribution in [2.75, 3.05) is 13.2 Å². The highest BCUT2D eigenvalue weighted by Gasteiger charge is 2.20. The Kier molecular flexibility index (Phi) is 9.86. The van der Waals surface area contributed by atoms with Crippen LogP contribution >= 0.6 is 12.4 Å². The lowest BCUT2D eigenvalue weighted by atomic mass is 9.92. The SMILES string of the molecule is C=CCCOc1cccc(C)c1-c1cc(C)c(F)c([C@@H](N)CC(=O)OCC)c1.Cl. The molecule has 0 bridgehead atoms. The van der Waals surface area contributed by atoms with E-state index in [2.05, 4.69) is 6.58 Å². The van der Waals surface area contributed by atoms with E-state index in [1.807, 2.05) is 25.1 Å². The Hall–Kier alpha value is -2.37. The van der Waals surface area contributed by atoms with Gasteiger partial charge in [-0.1, -0.05) is 18.2 Å². The molecule has 2 rings (SSSR count). The fourth-order valence-corrected chi connectivity index (χ4v) is 3.10. The van der Waals surface area contributed by atoms with Crippen molar-refractivity contribution in [2.24, 2.45) is 5.73 Å². The quantitative estimate of drug-likeness (QED) is 0.332. The molecule has 0 spiro atoms. The van der Waals surface area contributed by atoms with Gasteiger partial charge in [0.15, 0.2) is 0 Å². The maximum absolute atomic E-state index is 14.8. The summed E-state index contributed by atoms with van der Waals surface area (Å²) in [5.41, 5.74) is 9.59. The Morgan fingerprint density at radius 2 is 2.00 bits per heavy atom. The predicted octanol–water partition coefficient (Wildman–Crippen LogP) is 5.44. The van der Waals surface area contributed by atoms with Crippen molar-refractivity contribution < 1.29 is 18.7 Å². The lowest BCUT2D eigenvalue weighted by Crippen LogP contribution is -2.19. The fraction of sp³-hybridized carbons (Fsp3) is 0.348. The number of aryl methyl sites for hydroxylation is 2. The van der Waals surface area contributed by atoms with Gasteiger partial charge in [0.05, 0.1) is 19.6 Å². The van der Waals surface area contributed by atoms with E-state index in [4.69, 9.17) is 15.2 Å². The zero-order chi connectivity index (χ0) is 20.7. The summed E-state index contributed by atoms with van der Waals surface area (Å²) in [4.78, 5) is 11.8. The fourth-order valence-electron chi connectivity index (χ4n) is 3.10. The number of benzene rings is 2. The van der Waals surface area contributed by atoms with Crippen LogP contribution in [0, 0.1) is 19.7 Å². The zero-order valence-corrected chi connectivity index (χ0v) is 18.0. The van der Waals surface area contributed by atoms with Crippen molar-refractivity contribution in [1.82, 2.24) is 0 Å². The van der Waals surface area contributed by atoms with Crippen molar-refractivity contribution in [3.05, 3.63) is 65.5 Å². The van der Waals surface area contributed by atoms with Gasteiger partial charge in [-0.05, 0) is 62.1 Å². The van der Waals surface area contributed by atoms with Crippen molar-refractivity contribution in [2.45, 2.75) is 39.7 Å². The standard InChI is InChI=1S/C23H28FNO3.ClH/c1-5-7-11-28-20-10-8-9-15(3)22(20)17-12-16(4)23(24)18(13-17)19(25)14-21(26)27-6-2;/h5,8-10,12-13,19H,1,6-7,11,14,25H2,2-4H3;1H/t19-;/m0./s1. The first kappa shape index (κ1) is 24.7. The van der Waals surface area contributed by atoms with Gasteiger partial charge in [0, 0.05) is 17.2 Å². The lowest BCUT2D eigenvalue weighted by molar-refractivity contribution is -0.143. The van der Waals surface area contributed by atoms with Gasteiger partial charge in [-0.2, -0.15) is 0 Å². The molecule has 0 saturated heterocycles. The first-order valence-corrected chi connectivity index (χ1v) is 9.43. The smallest absolute Gasteiger partial charge is 0.307 e. The number of carbonyl (C=O) groups is 1. The van der Waals surface area contributed by atoms with Crippen LogP contribution in [0.25, 0.3) is 11.1 Å². The molecule has 29 heavy (non-hydrogen) atoms. The van der Waals surface area contributed by atoms with Crippen LogP contribution in [0.1, 0.15) is 42.5 Å². The van der Waals surface area contributed by atoms with Crippen LogP contribution in [0.15, 0.2) is 43.0 Å². The van der Waals surface area contributed by atoms with Gasteiger partial charge in [-0.15, -0.1) is 19.0 Å². The third-order valence-corrected chi connectivity index (χ3v) is 4.48. The Morgan fingerprint density at radius 1 is 1.28 bits per heavy atom. The van der Waals surface area contributed by atoms with Gasteiger partial charge >= 0.3 is 5.97 Å². The van der Waals surface area contributed by atoms with E-state index in [9.17, 15) is 9.18 Å². The maximum Gasteiger partial charge on any atom is 0.307 e. The summed E-state index contributed by atoms with van der Waals surface area (Å²) in [6.07, 6.45) is 2.44. The van der Waals surface area contributed by atoms with Crippen LogP contribution in [0.4, 0.5) is 4.39 Å². The third-order valence-electron chi connectivity index (χ3n) is 4.48. The number of hydrogen-bond acceptors (Lipinski definition) is 4. The van der Waals surface area contributed by atoms with Gasteiger partial charge in [-0.25, -0.2) is 4.39 Å². The average molecular weight is 422 g/mol. The van der Waals surface area contributed by atoms with Gasteiger partial charge in [0.2, 0.25) is 0 Å². The summed E-state index contributed by atoms with van der Waals surface area (Å²) < 4.78 is 25.6. The van der Waals surface area contributed by atoms with Crippen LogP contribution < -0.4 is 10.5 Å². The van der Waals surface area contributed by atoms with Crippen molar-refractivity contribution in [3.63, 3.8) is 0 Å². The molecule has 6 heteroatoms. The van der Waals surface area contributed by atoms with Crippen LogP contribution in [0.2, 0.25) is 0 Å². The molecular formula is C23H29ClFNO3. The van der Waals surface area contributed by atoms with E-state index >= 15 is 0 Å². The van der Waals surface area contributed by atoms with Crippen molar-refractivity contribution >= 4 is 18.4 Å². The van der Waals surface area contributed by atoms with E-state index < -0.39 is 17.8 Å². The molecule has 0 aliphatic carbocycles. The molecule has 2 aromatic carbocycles. The van der Waals surface area contributed by atoms with E-state index in [1.54, 1.807) is 32.1 Å². The monoisotopic (exact) mass is 421 g/mol. The number of rotatable bonds is 9. The molecule has 0 fully saturated rings. The molecule has 0 heterocycles. The number of carbonyl (C=O) groups excluding carboxylic acids is 1. The molecule has 0 amide bonds. The molecule has 0 saturated carbocycles. The molecule has 0 radical (unpaired) electrons. The van der Waals surface area contributed by atoms with E-state index in [1.165, 1.54) is 0 Å². The maximum atomic E-state index is 14.8. The lowest BCUT2D eigenvalue weighted by Gasteiger charge is -2.18. The Balaban J connectivity index is 0.00000420. The highest BCUT2D eigenvalue weighted by Crippen LogP contribution is 2.36. The topological polar surface area (TPSA) is 61.5 Å². The molecule has 1 atom stereocenters. The molecule has 0 unspecified atom stereocenters. The molecule has 2 N–H and O–H groups in total. The number of esters is 1. The molecule has 0 aliphatic rings. The molecule has 4 nitrogen and oxygen atoms in total. The summed E-state index contributed by atoms with van der Waals surface area (Å²) in [5, 5.41) is 0. The predicted molar refractivity (Wildman–Crippen MR) is 117 cm³/mol. The Bertz CT molecular complexity index is 854. The van der Waals surface area contributed by atoms with Crippen LogP contribution in [0.5, 0.6) is 5.75 Å². The second kappa shape index (κ2) is 11.6. The Labute approximate surface area is 178 Å². The van der Waals surface area contributed by atoms with Gasteiger partial charge in [0.25, 0.3) is 0 Å². The number of ether oxygens (including phenoxy) is 2. The number of nitrogens with two attached hydrogens (primary N) is 1. The minimum atomic E-state index is -0.785. The second-order valence-electron chi connectivity index (χ2n) is 6.69. The summed E-state index contributed by atoms with van der Waals surface area (Å²) in [7, 11) is 0. The van der Waals surface area contributed by atoms with Crippen molar-refractivity contribution in [1.29, 1.82) is 0 Å². The number of halogens is 2. The molecule has 0 aliphatic heterocycles. The second-order valence-corrected chi connectivity index (χ2v) is 6.69. The molecule has 0 aromatic heterocycles. The average Bonchev–Trinajstić information content (AvgIpc) is 2.64. The van der Waals surface area contributed by atoms with Crippen LogP contribution in [-0.2, 0) is 9.53 Å². The third kappa shape index (κ3) is 6.31. The normalized spacial score (nSPS) is 11.3. The van der Waals surface area contributed by atoms with Gasteiger partial charge in [0.1, 0.15) is 11.6 Å². The molecule has 158 valence electrons. The van der Waals surface area contributed by atoms with E-state index in [0.29, 0.717) is 17.7 Å². The van der Waals surface area contributed by atoms with Crippen molar-refractivity contribution in [3.8, 4) is 16.9 Å². The number of hydrogen-bond donors (Lipinski definition) is 1. The van der Waals surface area contributed by atoms with Crippen LogP contribution in [0.3, 0.4) is 0 Å². The summed E-state index contributed by atoms with van der Waals surface area (Å²) in [6, 6.07) is 8.49. The minimum Gasteiger partial charge on any atom is -0.493 e. The highest BCUT2D eigenvalue weighted by atomic mass is 35.5.